The molecule has 2 aromatic rings. The molecule has 3 heterocycles. The van der Waals surface area contributed by atoms with E-state index in [4.69, 9.17) is 11.1 Å². The Morgan fingerprint density at radius 1 is 1.12 bits per heavy atom. The lowest BCUT2D eigenvalue weighted by Gasteiger charge is -2.26. The highest BCUT2D eigenvalue weighted by atomic mass is 16.5. The van der Waals surface area contributed by atoms with Crippen molar-refractivity contribution in [2.45, 2.75) is 31.6 Å². The summed E-state index contributed by atoms with van der Waals surface area (Å²) in [7, 11) is 1.70. The van der Waals surface area contributed by atoms with Gasteiger partial charge in [-0.1, -0.05) is 0 Å². The Balaban J connectivity index is 1.31. The lowest BCUT2D eigenvalue weighted by molar-refractivity contribution is 0.373. The normalized spacial score (nSPS) is 25.8. The van der Waals surface area contributed by atoms with Crippen molar-refractivity contribution in [3.63, 3.8) is 0 Å². The Morgan fingerprint density at radius 3 is 2.58 bits per heavy atom. The van der Waals surface area contributed by atoms with Gasteiger partial charge in [-0.25, -0.2) is 9.97 Å². The van der Waals surface area contributed by atoms with Crippen molar-refractivity contribution >= 4 is 11.5 Å². The minimum Gasteiger partial charge on any atom is -0.497 e. The number of rotatable bonds is 4. The molecule has 1 unspecified atom stereocenters. The summed E-state index contributed by atoms with van der Waals surface area (Å²) in [6.45, 7) is 4.14. The highest BCUT2D eigenvalue weighted by molar-refractivity contribution is 5.51. The number of benzene rings is 1. The maximum Gasteiger partial charge on any atom is 0.133 e. The molecule has 2 aliphatic heterocycles. The number of hydrogen-bond donors (Lipinski definition) is 0. The average Bonchev–Trinajstić information content (AvgIpc) is 3.35. The highest BCUT2D eigenvalue weighted by Crippen LogP contribution is 2.43. The van der Waals surface area contributed by atoms with Crippen molar-refractivity contribution < 1.29 is 6.11 Å². The van der Waals surface area contributed by atoms with Crippen LogP contribution in [0.25, 0.3) is 0 Å². The van der Waals surface area contributed by atoms with Crippen LogP contribution in [-0.2, 0) is 0 Å². The van der Waals surface area contributed by atoms with E-state index in [1.807, 2.05) is 12.1 Å². The molecule has 1 saturated carbocycles. The topological polar surface area (TPSA) is 41.5 Å². The van der Waals surface area contributed by atoms with Crippen molar-refractivity contribution in [3.05, 3.63) is 42.3 Å². The third-order valence-corrected chi connectivity index (χ3v) is 6.17. The Labute approximate surface area is 156 Å². The molecule has 5 nitrogen and oxygen atoms in total. The zero-order chi connectivity index (χ0) is 18.4. The first-order valence-electron chi connectivity index (χ1n) is 10.1. The van der Waals surface area contributed by atoms with Gasteiger partial charge in [-0.3, -0.25) is 0 Å². The van der Waals surface area contributed by atoms with Crippen LogP contribution < -0.4 is 14.5 Å². The van der Waals surface area contributed by atoms with Crippen molar-refractivity contribution in [2.24, 2.45) is 5.41 Å². The van der Waals surface area contributed by atoms with E-state index in [1.165, 1.54) is 31.4 Å². The van der Waals surface area contributed by atoms with Gasteiger partial charge in [0.15, 0.2) is 0 Å². The van der Waals surface area contributed by atoms with Crippen LogP contribution in [-0.4, -0.2) is 43.3 Å². The van der Waals surface area contributed by atoms with Crippen LogP contribution >= 0.6 is 0 Å². The molecule has 1 spiro atoms. The van der Waals surface area contributed by atoms with Crippen molar-refractivity contribution in [3.8, 4) is 5.75 Å². The van der Waals surface area contributed by atoms with Crippen LogP contribution in [0, 0.1) is 5.41 Å². The fraction of sp³-hybridized carbons (Fsp3) is 0.524. The van der Waals surface area contributed by atoms with Gasteiger partial charge in [0.25, 0.3) is 0 Å². The molecule has 0 radical (unpaired) electrons. The maximum atomic E-state index is 8.28. The van der Waals surface area contributed by atoms with Crippen LogP contribution in [0.4, 0.5) is 11.5 Å². The Morgan fingerprint density at radius 2 is 1.85 bits per heavy atom. The van der Waals surface area contributed by atoms with E-state index in [0.717, 1.165) is 43.6 Å². The average molecular weight is 351 g/mol. The second-order valence-electron chi connectivity index (χ2n) is 8.01. The molecule has 3 fully saturated rings. The summed E-state index contributed by atoms with van der Waals surface area (Å²) in [4.78, 5) is 14.0. The summed E-state index contributed by atoms with van der Waals surface area (Å²) < 4.78 is 13.6. The molecule has 5 heteroatoms. The lowest BCUT2D eigenvalue weighted by Crippen LogP contribution is -2.31. The van der Waals surface area contributed by atoms with Crippen LogP contribution in [0.3, 0.4) is 0 Å². The number of anilines is 2. The van der Waals surface area contributed by atoms with E-state index < -0.39 is 0 Å². The summed E-state index contributed by atoms with van der Waals surface area (Å²) in [5, 5.41) is 0. The number of aromatic nitrogens is 2. The third-order valence-electron chi connectivity index (χ3n) is 6.17. The van der Waals surface area contributed by atoms with E-state index in [-0.39, 0.29) is 0 Å². The van der Waals surface area contributed by atoms with Gasteiger partial charge >= 0.3 is 0 Å². The van der Waals surface area contributed by atoms with Crippen LogP contribution in [0.2, 0.25) is 0 Å². The van der Waals surface area contributed by atoms with Gasteiger partial charge in [-0.05, 0) is 56.0 Å². The molecule has 1 aromatic heterocycles. The van der Waals surface area contributed by atoms with Crippen molar-refractivity contribution in [2.75, 3.05) is 43.1 Å². The molecule has 0 bridgehead atoms. The first kappa shape index (κ1) is 14.8. The van der Waals surface area contributed by atoms with Gasteiger partial charge in [0.1, 0.15) is 17.4 Å². The van der Waals surface area contributed by atoms with E-state index in [9.17, 15) is 0 Å². The van der Waals surface area contributed by atoms with Crippen LogP contribution in [0.5, 0.6) is 5.75 Å². The van der Waals surface area contributed by atoms with E-state index in [0.29, 0.717) is 17.4 Å². The number of nitrogens with zero attached hydrogens (tertiary/aromatic N) is 4. The number of methoxy groups -OCH3 is 1. The zero-order valence-electron chi connectivity index (χ0n) is 16.3. The molecule has 5 rings (SSSR count). The lowest BCUT2D eigenvalue weighted by atomic mass is 9.86. The maximum absolute atomic E-state index is 8.28. The highest BCUT2D eigenvalue weighted by Gasteiger charge is 2.44. The van der Waals surface area contributed by atoms with Gasteiger partial charge in [0.05, 0.1) is 8.48 Å². The summed E-state index contributed by atoms with van der Waals surface area (Å²) in [6.07, 6.45) is 6.44. The minimum absolute atomic E-state index is 0.303. The second kappa shape index (κ2) is 6.15. The monoisotopic (exact) mass is 351 g/mol. The summed E-state index contributed by atoms with van der Waals surface area (Å²) >= 11 is 0. The van der Waals surface area contributed by atoms with E-state index in [1.54, 1.807) is 13.3 Å². The molecule has 26 heavy (non-hydrogen) atoms. The second-order valence-corrected chi connectivity index (χ2v) is 8.01. The largest absolute Gasteiger partial charge is 0.497 e. The fourth-order valence-corrected chi connectivity index (χ4v) is 4.42. The smallest absolute Gasteiger partial charge is 0.133 e. The Kier molecular flexibility index (Phi) is 3.51. The SMILES string of the molecule is [2H]c1cnc(C2CC2)nc1N1CCC2(CCN(c3ccc(OC)cc3)C2)C1. The first-order valence-corrected chi connectivity index (χ1v) is 9.63. The summed E-state index contributed by atoms with van der Waals surface area (Å²) in [6, 6.07) is 8.83. The molecule has 1 aromatic carbocycles. The molecule has 1 aliphatic carbocycles. The quantitative estimate of drug-likeness (QED) is 0.844. The summed E-state index contributed by atoms with van der Waals surface area (Å²) in [5.74, 6) is 3.20. The molecular weight excluding hydrogens is 324 g/mol. The third kappa shape index (κ3) is 2.89. The molecule has 136 valence electrons. The summed E-state index contributed by atoms with van der Waals surface area (Å²) in [5.41, 5.74) is 1.57. The molecule has 1 atom stereocenters. The fourth-order valence-electron chi connectivity index (χ4n) is 4.42. The van der Waals surface area contributed by atoms with E-state index in [2.05, 4.69) is 26.9 Å². The molecular formula is C21H26N4O. The van der Waals surface area contributed by atoms with Gasteiger partial charge in [-0.2, -0.15) is 0 Å². The number of ether oxygens (including phenoxy) is 1. The molecule has 0 amide bonds. The van der Waals surface area contributed by atoms with Gasteiger partial charge in [-0.15, -0.1) is 0 Å². The van der Waals surface area contributed by atoms with Crippen molar-refractivity contribution in [1.82, 2.24) is 9.97 Å². The molecule has 3 aliphatic rings. The Bertz CT molecular complexity index is 839. The van der Waals surface area contributed by atoms with E-state index >= 15 is 0 Å². The first-order chi connectivity index (χ1) is 13.2. The van der Waals surface area contributed by atoms with Gasteiger partial charge in [0.2, 0.25) is 0 Å². The molecule has 2 saturated heterocycles. The Hall–Kier alpha value is -2.30. The number of hydrogen-bond acceptors (Lipinski definition) is 5. The predicted molar refractivity (Wildman–Crippen MR) is 103 cm³/mol. The minimum atomic E-state index is 0.303. The van der Waals surface area contributed by atoms with Crippen LogP contribution in [0.15, 0.2) is 36.5 Å². The van der Waals surface area contributed by atoms with Gasteiger partial charge in [0, 0.05) is 49.4 Å². The standard InChI is InChI=1S/C21H26N4O/c1-26-18-6-4-17(5-7-18)24-12-9-21(14-24)10-13-25(15-21)19-8-11-22-20(23-19)16-2-3-16/h4-8,11,16H,2-3,9-10,12-15H2,1H3/i8D. The predicted octanol–water partition coefficient (Wildman–Crippen LogP) is 3.47. The zero-order valence-corrected chi connectivity index (χ0v) is 15.3. The van der Waals surface area contributed by atoms with Crippen molar-refractivity contribution in [1.29, 1.82) is 0 Å². The van der Waals surface area contributed by atoms with Gasteiger partial charge < -0.3 is 14.5 Å². The van der Waals surface area contributed by atoms with Crippen LogP contribution in [0.1, 0.15) is 38.8 Å². The molecule has 0 N–H and O–H groups in total.